The molecule has 21 heavy (non-hydrogen) atoms. The summed E-state index contributed by atoms with van der Waals surface area (Å²) in [7, 11) is 0. The molecule has 2 aromatic rings. The highest BCUT2D eigenvalue weighted by Gasteiger charge is 2.21. The van der Waals surface area contributed by atoms with E-state index in [9.17, 15) is 0 Å². The van der Waals surface area contributed by atoms with Gasteiger partial charge in [0.25, 0.3) is 0 Å². The van der Waals surface area contributed by atoms with Crippen LogP contribution in [0.3, 0.4) is 0 Å². The first-order chi connectivity index (χ1) is 10.1. The molecule has 108 valence electrons. The lowest BCUT2D eigenvalue weighted by Crippen LogP contribution is -2.24. The summed E-state index contributed by atoms with van der Waals surface area (Å²) in [5.74, 6) is 1.04. The topological polar surface area (TPSA) is 68.2 Å². The van der Waals surface area contributed by atoms with Crippen molar-refractivity contribution in [1.82, 2.24) is 15.0 Å². The van der Waals surface area contributed by atoms with E-state index >= 15 is 0 Å². The highest BCUT2D eigenvalue weighted by Crippen LogP contribution is 2.32. The Morgan fingerprint density at radius 1 is 1.48 bits per heavy atom. The molecule has 1 aliphatic rings. The van der Waals surface area contributed by atoms with Crippen LogP contribution in [0, 0.1) is 6.92 Å². The molecular weight excluding hydrogens is 302 g/mol. The number of hydrazone groups is 1. The molecule has 3 rings (SSSR count). The van der Waals surface area contributed by atoms with Crippen LogP contribution in [0.2, 0.25) is 0 Å². The van der Waals surface area contributed by atoms with Crippen molar-refractivity contribution >= 4 is 35.3 Å². The van der Waals surface area contributed by atoms with Crippen molar-refractivity contribution in [3.05, 3.63) is 35.5 Å². The number of hydrogen-bond acceptors (Lipinski definition) is 4. The third-order valence-electron chi connectivity index (χ3n) is 3.20. The fraction of sp³-hybridized carbons (Fsp3) is 0.214. The molecule has 0 fully saturated rings. The molecule has 2 heterocycles. The molecule has 1 aromatic heterocycles. The molecule has 0 radical (unpaired) electrons. The number of aromatic nitrogens is 2. The van der Waals surface area contributed by atoms with E-state index in [1.807, 2.05) is 0 Å². The fourth-order valence-corrected chi connectivity index (χ4v) is 3.22. The molecule has 0 amide bonds. The second-order valence-electron chi connectivity index (χ2n) is 4.73. The zero-order valence-electron chi connectivity index (χ0n) is 11.5. The Labute approximate surface area is 132 Å². The molecule has 0 saturated carbocycles. The van der Waals surface area contributed by atoms with Gasteiger partial charge in [-0.2, -0.15) is 5.10 Å². The van der Waals surface area contributed by atoms with Crippen LogP contribution < -0.4 is 11.2 Å². The van der Waals surface area contributed by atoms with Gasteiger partial charge in [-0.15, -0.1) is 0 Å². The van der Waals surface area contributed by atoms with Gasteiger partial charge in [0.1, 0.15) is 0 Å². The summed E-state index contributed by atoms with van der Waals surface area (Å²) in [5.41, 5.74) is 12.2. The normalized spacial score (nSPS) is 13.6. The van der Waals surface area contributed by atoms with E-state index < -0.39 is 0 Å². The summed E-state index contributed by atoms with van der Waals surface area (Å²) in [6, 6.07) is 8.33. The van der Waals surface area contributed by atoms with E-state index in [1.54, 1.807) is 18.0 Å². The molecule has 0 saturated heterocycles. The van der Waals surface area contributed by atoms with Crippen LogP contribution in [0.25, 0.3) is 11.3 Å². The maximum absolute atomic E-state index is 5.39. The van der Waals surface area contributed by atoms with E-state index in [4.69, 9.17) is 22.9 Å². The number of nitrogens with zero attached hydrogens (tertiary/aromatic N) is 3. The molecule has 7 heteroatoms. The molecule has 0 atom stereocenters. The first-order valence-electron chi connectivity index (χ1n) is 6.54. The standard InChI is InChI=1S/C14H15N5S2/c1-9-2-4-10(5-3-9)12-11(8-16-18-13(15)20)19-6-7-21-14(19)17-12/h2-5,8H,6-7H2,1H3,(H3,15,18,20). The number of nitrogens with two attached hydrogens (primary N) is 1. The van der Waals surface area contributed by atoms with Gasteiger partial charge in [-0.25, -0.2) is 4.98 Å². The van der Waals surface area contributed by atoms with Gasteiger partial charge in [-0.05, 0) is 19.1 Å². The summed E-state index contributed by atoms with van der Waals surface area (Å²) >= 11 is 6.52. The Morgan fingerprint density at radius 2 is 2.24 bits per heavy atom. The van der Waals surface area contributed by atoms with Crippen LogP contribution in [0.1, 0.15) is 11.3 Å². The second kappa shape index (κ2) is 5.87. The molecule has 3 N–H and O–H groups in total. The number of hydrogen-bond donors (Lipinski definition) is 2. The third kappa shape index (κ3) is 2.93. The summed E-state index contributed by atoms with van der Waals surface area (Å²) in [6.07, 6.45) is 1.73. The summed E-state index contributed by atoms with van der Waals surface area (Å²) in [5, 5.41) is 5.26. The van der Waals surface area contributed by atoms with Gasteiger partial charge < -0.3 is 10.3 Å². The number of nitrogens with one attached hydrogen (secondary N) is 1. The zero-order valence-corrected chi connectivity index (χ0v) is 13.2. The molecule has 1 aliphatic heterocycles. The minimum absolute atomic E-state index is 0.152. The number of fused-ring (bicyclic) bond motifs is 1. The lowest BCUT2D eigenvalue weighted by atomic mass is 10.1. The van der Waals surface area contributed by atoms with Crippen molar-refractivity contribution in [3.63, 3.8) is 0 Å². The quantitative estimate of drug-likeness (QED) is 0.516. The SMILES string of the molecule is Cc1ccc(-c2nc3n(c2C=NNC(N)=S)CCS3)cc1. The van der Waals surface area contributed by atoms with E-state index in [0.717, 1.165) is 34.4 Å². The molecular formula is C14H15N5S2. The van der Waals surface area contributed by atoms with Gasteiger partial charge in [0.2, 0.25) is 0 Å². The lowest BCUT2D eigenvalue weighted by Gasteiger charge is -2.03. The van der Waals surface area contributed by atoms with Gasteiger partial charge in [0.15, 0.2) is 10.3 Å². The number of thioether (sulfide) groups is 1. The van der Waals surface area contributed by atoms with Crippen LogP contribution in [0.15, 0.2) is 34.5 Å². The van der Waals surface area contributed by atoms with Gasteiger partial charge in [-0.1, -0.05) is 41.6 Å². The van der Waals surface area contributed by atoms with Crippen molar-refractivity contribution in [1.29, 1.82) is 0 Å². The van der Waals surface area contributed by atoms with Crippen molar-refractivity contribution in [2.45, 2.75) is 18.6 Å². The van der Waals surface area contributed by atoms with E-state index in [0.29, 0.717) is 0 Å². The predicted molar refractivity (Wildman–Crippen MR) is 90.6 cm³/mol. The Morgan fingerprint density at radius 3 is 2.95 bits per heavy atom. The van der Waals surface area contributed by atoms with Crippen LogP contribution in [0.5, 0.6) is 0 Å². The molecule has 0 unspecified atom stereocenters. The zero-order chi connectivity index (χ0) is 14.8. The average molecular weight is 317 g/mol. The smallest absolute Gasteiger partial charge is 0.184 e. The Hall–Kier alpha value is -1.86. The van der Waals surface area contributed by atoms with Gasteiger partial charge in [-0.3, -0.25) is 5.43 Å². The Balaban J connectivity index is 2.02. The van der Waals surface area contributed by atoms with Gasteiger partial charge in [0.05, 0.1) is 17.6 Å². The number of thiocarbonyl (C=S) groups is 1. The molecule has 1 aromatic carbocycles. The number of benzene rings is 1. The average Bonchev–Trinajstić information content (AvgIpc) is 3.01. The second-order valence-corrected chi connectivity index (χ2v) is 6.23. The summed E-state index contributed by atoms with van der Waals surface area (Å²) in [4.78, 5) is 4.73. The first-order valence-corrected chi connectivity index (χ1v) is 7.93. The largest absolute Gasteiger partial charge is 0.375 e. The Bertz CT molecular complexity index is 703. The van der Waals surface area contributed by atoms with Gasteiger partial charge >= 0.3 is 0 Å². The maximum atomic E-state index is 5.39. The van der Waals surface area contributed by atoms with Crippen LogP contribution in [-0.4, -0.2) is 26.6 Å². The van der Waals surface area contributed by atoms with E-state index in [1.165, 1.54) is 5.56 Å². The van der Waals surface area contributed by atoms with Crippen molar-refractivity contribution in [2.75, 3.05) is 5.75 Å². The highest BCUT2D eigenvalue weighted by atomic mass is 32.2. The van der Waals surface area contributed by atoms with Crippen molar-refractivity contribution < 1.29 is 0 Å². The molecule has 0 spiro atoms. The van der Waals surface area contributed by atoms with Gasteiger partial charge in [0, 0.05) is 17.9 Å². The molecule has 0 aliphatic carbocycles. The van der Waals surface area contributed by atoms with Crippen LogP contribution in [-0.2, 0) is 6.54 Å². The lowest BCUT2D eigenvalue weighted by molar-refractivity contribution is 0.715. The van der Waals surface area contributed by atoms with E-state index in [-0.39, 0.29) is 5.11 Å². The summed E-state index contributed by atoms with van der Waals surface area (Å²) < 4.78 is 2.17. The molecule has 0 bridgehead atoms. The highest BCUT2D eigenvalue weighted by molar-refractivity contribution is 7.99. The van der Waals surface area contributed by atoms with Crippen molar-refractivity contribution in [2.24, 2.45) is 10.8 Å². The first kappa shape index (κ1) is 14.1. The maximum Gasteiger partial charge on any atom is 0.184 e. The Kier molecular flexibility index (Phi) is 3.94. The summed E-state index contributed by atoms with van der Waals surface area (Å²) in [6.45, 7) is 3.01. The van der Waals surface area contributed by atoms with Crippen LogP contribution >= 0.6 is 24.0 Å². The minimum atomic E-state index is 0.152. The molecule has 5 nitrogen and oxygen atoms in total. The number of imidazole rings is 1. The number of rotatable bonds is 3. The fourth-order valence-electron chi connectivity index (χ4n) is 2.21. The van der Waals surface area contributed by atoms with Crippen molar-refractivity contribution in [3.8, 4) is 11.3 Å². The number of aryl methyl sites for hydroxylation is 1. The van der Waals surface area contributed by atoms with Crippen LogP contribution in [0.4, 0.5) is 0 Å². The third-order valence-corrected chi connectivity index (χ3v) is 4.25. The van der Waals surface area contributed by atoms with E-state index in [2.05, 4.69) is 46.3 Å². The predicted octanol–water partition coefficient (Wildman–Crippen LogP) is 2.13. The minimum Gasteiger partial charge on any atom is -0.375 e. The monoisotopic (exact) mass is 317 g/mol.